The molecule has 3 N–H and O–H groups in total. The molecular formula is C19H22Cl2N2O5S. The van der Waals surface area contributed by atoms with E-state index < -0.39 is 22.0 Å². The van der Waals surface area contributed by atoms with Crippen molar-refractivity contribution in [1.29, 1.82) is 0 Å². The summed E-state index contributed by atoms with van der Waals surface area (Å²) in [6.07, 6.45) is -1.19. The van der Waals surface area contributed by atoms with Gasteiger partial charge in [0, 0.05) is 11.8 Å². The summed E-state index contributed by atoms with van der Waals surface area (Å²) in [6, 6.07) is 8.46. The van der Waals surface area contributed by atoms with E-state index in [0.29, 0.717) is 10.7 Å². The number of benzene rings is 2. The first kappa shape index (κ1) is 23.3. The van der Waals surface area contributed by atoms with Crippen LogP contribution in [0.4, 0.5) is 11.4 Å². The molecule has 0 aliphatic carbocycles. The first-order valence-electron chi connectivity index (χ1n) is 8.78. The van der Waals surface area contributed by atoms with Crippen LogP contribution >= 0.6 is 23.2 Å². The number of hydrogen-bond donors (Lipinski definition) is 3. The third-order valence-corrected chi connectivity index (χ3v) is 6.03. The normalized spacial score (nSPS) is 12.5. The minimum absolute atomic E-state index is 0.0527. The van der Waals surface area contributed by atoms with Gasteiger partial charge in [-0.25, -0.2) is 8.42 Å². The van der Waals surface area contributed by atoms with Crippen LogP contribution in [-0.4, -0.2) is 32.1 Å². The van der Waals surface area contributed by atoms with E-state index in [1.807, 2.05) is 0 Å². The molecule has 0 aliphatic rings. The van der Waals surface area contributed by atoms with E-state index in [1.54, 1.807) is 20.8 Å². The first-order valence-corrected chi connectivity index (χ1v) is 11.0. The highest BCUT2D eigenvalue weighted by molar-refractivity contribution is 7.92. The fourth-order valence-corrected chi connectivity index (χ4v) is 3.84. The summed E-state index contributed by atoms with van der Waals surface area (Å²) in [4.78, 5) is 11.9. The number of ether oxygens (including phenoxy) is 1. The van der Waals surface area contributed by atoms with Crippen LogP contribution in [0.2, 0.25) is 10.0 Å². The van der Waals surface area contributed by atoms with E-state index in [-0.39, 0.29) is 33.9 Å². The van der Waals surface area contributed by atoms with Gasteiger partial charge in [-0.3, -0.25) is 9.52 Å². The quantitative estimate of drug-likeness (QED) is 0.548. The molecule has 158 valence electrons. The highest BCUT2D eigenvalue weighted by atomic mass is 35.5. The number of anilines is 2. The number of sulfonamides is 1. The van der Waals surface area contributed by atoms with Gasteiger partial charge in [0.15, 0.2) is 0 Å². The van der Waals surface area contributed by atoms with Crippen LogP contribution in [0, 0.1) is 5.92 Å². The zero-order valence-corrected chi connectivity index (χ0v) is 18.4. The summed E-state index contributed by atoms with van der Waals surface area (Å²) in [5.41, 5.74) is 0.533. The van der Waals surface area contributed by atoms with Crippen molar-refractivity contribution in [2.45, 2.75) is 31.8 Å². The topological polar surface area (TPSA) is 105 Å². The van der Waals surface area contributed by atoms with Gasteiger partial charge in [0.2, 0.25) is 0 Å². The highest BCUT2D eigenvalue weighted by Gasteiger charge is 2.23. The molecule has 1 amide bonds. The Balaban J connectivity index is 2.33. The summed E-state index contributed by atoms with van der Waals surface area (Å²) in [5, 5.41) is 12.9. The Labute approximate surface area is 180 Å². The smallest absolute Gasteiger partial charge is 0.265 e. The van der Waals surface area contributed by atoms with Crippen molar-refractivity contribution in [2.75, 3.05) is 16.6 Å². The van der Waals surface area contributed by atoms with Gasteiger partial charge in [-0.2, -0.15) is 0 Å². The molecule has 0 saturated carbocycles. The number of nitrogens with one attached hydrogen (secondary N) is 2. The Morgan fingerprint density at radius 2 is 1.76 bits per heavy atom. The number of aliphatic hydroxyl groups excluding tert-OH is 1. The summed E-state index contributed by atoms with van der Waals surface area (Å²) in [5.74, 6) is -0.805. The number of amides is 1. The zero-order valence-electron chi connectivity index (χ0n) is 16.1. The molecule has 29 heavy (non-hydrogen) atoms. The zero-order chi connectivity index (χ0) is 21.8. The van der Waals surface area contributed by atoms with Crippen LogP contribution in [0.5, 0.6) is 5.75 Å². The van der Waals surface area contributed by atoms with Crippen LogP contribution in [0.1, 0.15) is 20.8 Å². The minimum atomic E-state index is -4.01. The Morgan fingerprint density at radius 1 is 1.10 bits per heavy atom. The molecule has 0 radical (unpaired) electrons. The lowest BCUT2D eigenvalue weighted by Crippen LogP contribution is -2.31. The van der Waals surface area contributed by atoms with Crippen LogP contribution in [0.25, 0.3) is 0 Å². The summed E-state index contributed by atoms with van der Waals surface area (Å²) >= 11 is 11.8. The highest BCUT2D eigenvalue weighted by Crippen LogP contribution is 2.31. The lowest BCUT2D eigenvalue weighted by atomic mass is 10.1. The van der Waals surface area contributed by atoms with E-state index >= 15 is 0 Å². The molecule has 0 aromatic heterocycles. The van der Waals surface area contributed by atoms with E-state index in [1.165, 1.54) is 36.4 Å². The molecule has 1 atom stereocenters. The second kappa shape index (κ2) is 9.67. The molecular weight excluding hydrogens is 439 g/mol. The van der Waals surface area contributed by atoms with Crippen molar-refractivity contribution in [3.05, 3.63) is 46.4 Å². The van der Waals surface area contributed by atoms with Crippen molar-refractivity contribution < 1.29 is 23.1 Å². The molecule has 0 bridgehead atoms. The lowest BCUT2D eigenvalue weighted by Gasteiger charge is -2.17. The summed E-state index contributed by atoms with van der Waals surface area (Å²) in [6.45, 7) is 5.33. The monoisotopic (exact) mass is 460 g/mol. The predicted octanol–water partition coefficient (Wildman–Crippen LogP) is 4.15. The van der Waals surface area contributed by atoms with E-state index in [9.17, 15) is 18.3 Å². The largest absolute Gasteiger partial charge is 0.492 e. The summed E-state index contributed by atoms with van der Waals surface area (Å²) < 4.78 is 33.5. The average Bonchev–Trinajstić information content (AvgIpc) is 2.64. The Hall–Kier alpha value is -2.00. The predicted molar refractivity (Wildman–Crippen MR) is 114 cm³/mol. The van der Waals surface area contributed by atoms with Crippen molar-refractivity contribution in [3.8, 4) is 5.75 Å². The van der Waals surface area contributed by atoms with Gasteiger partial charge in [0.25, 0.3) is 15.9 Å². The molecule has 0 saturated heterocycles. The number of hydrogen-bond acceptors (Lipinski definition) is 5. The molecule has 0 unspecified atom stereocenters. The first-order chi connectivity index (χ1) is 13.5. The van der Waals surface area contributed by atoms with Gasteiger partial charge in [-0.15, -0.1) is 0 Å². The van der Waals surface area contributed by atoms with Crippen LogP contribution < -0.4 is 14.8 Å². The van der Waals surface area contributed by atoms with Gasteiger partial charge in [-0.1, -0.05) is 37.0 Å². The van der Waals surface area contributed by atoms with Gasteiger partial charge in [0.1, 0.15) is 16.7 Å². The molecule has 2 aromatic carbocycles. The molecule has 0 heterocycles. The number of carbonyl (C=O) groups excluding carboxylic acids is 1. The van der Waals surface area contributed by atoms with Crippen LogP contribution in [0.15, 0.2) is 41.3 Å². The molecule has 2 aromatic rings. The third kappa shape index (κ3) is 5.99. The van der Waals surface area contributed by atoms with Crippen molar-refractivity contribution in [2.24, 2.45) is 5.92 Å². The maximum absolute atomic E-state index is 12.8. The molecule has 2 rings (SSSR count). The minimum Gasteiger partial charge on any atom is -0.492 e. The number of rotatable bonds is 8. The Kier molecular flexibility index (Phi) is 7.76. The SMILES string of the molecule is CCOc1cc(NC(=O)[C@@H](O)C(C)C)ccc1S(=O)(=O)Nc1ccc(Cl)c(Cl)c1. The van der Waals surface area contributed by atoms with Gasteiger partial charge in [-0.05, 0) is 43.2 Å². The van der Waals surface area contributed by atoms with Crippen LogP contribution in [-0.2, 0) is 14.8 Å². The van der Waals surface area contributed by atoms with Gasteiger partial charge >= 0.3 is 0 Å². The lowest BCUT2D eigenvalue weighted by molar-refractivity contribution is -0.125. The standard InChI is InChI=1S/C19H22Cl2N2O5S/c1-4-28-16-10-12(22-19(25)18(24)11(2)3)6-8-17(16)29(26,27)23-13-5-7-14(20)15(21)9-13/h5-11,18,23-24H,4H2,1-3H3,(H,22,25)/t18-/m0/s1. The van der Waals surface area contributed by atoms with Crippen molar-refractivity contribution in [3.63, 3.8) is 0 Å². The Bertz CT molecular complexity index is 996. The third-order valence-electron chi connectivity index (χ3n) is 3.87. The average molecular weight is 461 g/mol. The van der Waals surface area contributed by atoms with Crippen molar-refractivity contribution in [1.82, 2.24) is 0 Å². The molecule has 0 fully saturated rings. The molecule has 7 nitrogen and oxygen atoms in total. The second-order valence-electron chi connectivity index (χ2n) is 6.51. The van der Waals surface area contributed by atoms with Gasteiger partial charge in [0.05, 0.1) is 22.3 Å². The number of aliphatic hydroxyl groups is 1. The van der Waals surface area contributed by atoms with E-state index in [0.717, 1.165) is 0 Å². The number of carbonyl (C=O) groups is 1. The van der Waals surface area contributed by atoms with E-state index in [4.69, 9.17) is 27.9 Å². The Morgan fingerprint density at radius 3 is 2.34 bits per heavy atom. The fourth-order valence-electron chi connectivity index (χ4n) is 2.36. The molecule has 0 spiro atoms. The van der Waals surface area contributed by atoms with Crippen molar-refractivity contribution >= 4 is 50.5 Å². The molecule has 10 heteroatoms. The second-order valence-corrected chi connectivity index (χ2v) is 8.97. The maximum atomic E-state index is 12.8. The number of halogens is 2. The maximum Gasteiger partial charge on any atom is 0.265 e. The fraction of sp³-hybridized carbons (Fsp3) is 0.316. The van der Waals surface area contributed by atoms with E-state index in [2.05, 4.69) is 10.0 Å². The van der Waals surface area contributed by atoms with Crippen LogP contribution in [0.3, 0.4) is 0 Å². The molecule has 0 aliphatic heterocycles. The van der Waals surface area contributed by atoms with Gasteiger partial charge < -0.3 is 15.2 Å². The summed E-state index contributed by atoms with van der Waals surface area (Å²) in [7, 11) is -4.01.